The Bertz CT molecular complexity index is 284. The molecule has 0 N–H and O–H groups in total. The molecule has 0 radical (unpaired) electrons. The molecule has 1 unspecified atom stereocenters. The molecule has 1 atom stereocenters. The van der Waals surface area contributed by atoms with Gasteiger partial charge in [-0.25, -0.2) is 0 Å². The first-order valence-corrected chi connectivity index (χ1v) is 4.52. The van der Waals surface area contributed by atoms with Gasteiger partial charge in [-0.3, -0.25) is 10.1 Å². The van der Waals surface area contributed by atoms with Crippen molar-refractivity contribution in [1.29, 1.82) is 0 Å². The maximum atomic E-state index is 10.6. The van der Waals surface area contributed by atoms with E-state index in [1.54, 1.807) is 31.2 Å². The number of alkyl halides is 1. The Kier molecular flexibility index (Phi) is 2.66. The van der Waals surface area contributed by atoms with Gasteiger partial charge in [-0.2, -0.15) is 0 Å². The van der Waals surface area contributed by atoms with Gasteiger partial charge in [0.2, 0.25) is 0 Å². The van der Waals surface area contributed by atoms with Gasteiger partial charge in [0.05, 0.1) is 0 Å². The molecule has 0 saturated carbocycles. The molecule has 1 rings (SSSR count). The molecule has 1 aromatic carbocycles. The van der Waals surface area contributed by atoms with Crippen molar-refractivity contribution in [3.05, 3.63) is 46.0 Å². The third kappa shape index (κ3) is 1.74. The molecule has 1 aromatic rings. The summed E-state index contributed by atoms with van der Waals surface area (Å²) in [7, 11) is 0. The number of hydrogen-bond acceptors (Lipinski definition) is 2. The Morgan fingerprint density at radius 1 is 1.42 bits per heavy atom. The van der Waals surface area contributed by atoms with Crippen molar-refractivity contribution in [2.45, 2.75) is 10.5 Å². The lowest BCUT2D eigenvalue weighted by atomic mass is 10.1. The number of nitro groups is 1. The van der Waals surface area contributed by atoms with E-state index in [0.717, 1.165) is 5.56 Å². The van der Waals surface area contributed by atoms with Gasteiger partial charge in [0.25, 0.3) is 3.55 Å². The van der Waals surface area contributed by atoms with E-state index in [1.165, 1.54) is 0 Å². The Hall–Kier alpha value is -0.650. The molecular formula is C8H8INO2. The molecule has 12 heavy (non-hydrogen) atoms. The van der Waals surface area contributed by atoms with Crippen LogP contribution < -0.4 is 0 Å². The van der Waals surface area contributed by atoms with E-state index in [2.05, 4.69) is 0 Å². The fraction of sp³-hybridized carbons (Fsp3) is 0.250. The first-order valence-electron chi connectivity index (χ1n) is 3.44. The molecule has 0 aliphatic heterocycles. The third-order valence-electron chi connectivity index (χ3n) is 1.64. The van der Waals surface area contributed by atoms with Crippen LogP contribution in [0.1, 0.15) is 12.5 Å². The van der Waals surface area contributed by atoms with E-state index in [1.807, 2.05) is 28.7 Å². The lowest BCUT2D eigenvalue weighted by Gasteiger charge is -2.12. The Balaban J connectivity index is 3.06. The Morgan fingerprint density at radius 3 is 2.33 bits per heavy atom. The summed E-state index contributed by atoms with van der Waals surface area (Å²) in [6, 6.07) is 8.96. The predicted molar refractivity (Wildman–Crippen MR) is 54.8 cm³/mol. The van der Waals surface area contributed by atoms with Crippen molar-refractivity contribution in [1.82, 2.24) is 0 Å². The Morgan fingerprint density at radius 2 is 1.92 bits per heavy atom. The fourth-order valence-corrected chi connectivity index (χ4v) is 1.21. The number of halogens is 1. The van der Waals surface area contributed by atoms with Gasteiger partial charge in [-0.1, -0.05) is 30.3 Å². The van der Waals surface area contributed by atoms with Gasteiger partial charge in [-0.15, -0.1) is 0 Å². The molecule has 3 nitrogen and oxygen atoms in total. The first kappa shape index (κ1) is 9.44. The van der Waals surface area contributed by atoms with Crippen LogP contribution in [0.4, 0.5) is 0 Å². The summed E-state index contributed by atoms with van der Waals surface area (Å²) < 4.78 is -1.01. The number of rotatable bonds is 2. The van der Waals surface area contributed by atoms with Gasteiger partial charge in [0.15, 0.2) is 0 Å². The number of nitrogens with zero attached hydrogens (tertiary/aromatic N) is 1. The van der Waals surface area contributed by atoms with Gasteiger partial charge in [0.1, 0.15) is 0 Å². The summed E-state index contributed by atoms with van der Waals surface area (Å²) in [5.41, 5.74) is 0.718. The monoisotopic (exact) mass is 277 g/mol. The molecule has 4 heteroatoms. The third-order valence-corrected chi connectivity index (χ3v) is 2.66. The molecule has 0 spiro atoms. The molecule has 0 heterocycles. The second-order valence-electron chi connectivity index (χ2n) is 2.58. The minimum Gasteiger partial charge on any atom is -0.263 e. The standard InChI is InChI=1S/C8H8INO2/c1-8(9,10(11)12)7-5-3-2-4-6-7/h2-6H,1H3. The molecule has 0 fully saturated rings. The highest BCUT2D eigenvalue weighted by molar-refractivity contribution is 14.1. The summed E-state index contributed by atoms with van der Waals surface area (Å²) in [4.78, 5) is 10.3. The van der Waals surface area contributed by atoms with Crippen LogP contribution in [0.5, 0.6) is 0 Å². The zero-order valence-electron chi connectivity index (χ0n) is 6.53. The first-order chi connectivity index (χ1) is 5.55. The van der Waals surface area contributed by atoms with Gasteiger partial charge in [-0.05, 0) is 0 Å². The highest BCUT2D eigenvalue weighted by atomic mass is 127. The summed E-state index contributed by atoms with van der Waals surface area (Å²) in [5, 5.41) is 10.6. The van der Waals surface area contributed by atoms with Crippen molar-refractivity contribution in [2.24, 2.45) is 0 Å². The lowest BCUT2D eigenvalue weighted by Crippen LogP contribution is -2.23. The maximum absolute atomic E-state index is 10.6. The van der Waals surface area contributed by atoms with Gasteiger partial charge >= 0.3 is 0 Å². The second-order valence-corrected chi connectivity index (χ2v) is 4.68. The van der Waals surface area contributed by atoms with Crippen LogP contribution in [0.3, 0.4) is 0 Å². The van der Waals surface area contributed by atoms with Crippen LogP contribution in [0.2, 0.25) is 0 Å². The number of hydrogen-bond donors (Lipinski definition) is 0. The molecule has 0 aliphatic rings. The molecule has 0 saturated heterocycles. The summed E-state index contributed by atoms with van der Waals surface area (Å²) in [6.45, 7) is 1.59. The summed E-state index contributed by atoms with van der Waals surface area (Å²) >= 11 is 1.83. The van der Waals surface area contributed by atoms with E-state index >= 15 is 0 Å². The van der Waals surface area contributed by atoms with Crippen LogP contribution >= 0.6 is 22.6 Å². The molecule has 64 valence electrons. The van der Waals surface area contributed by atoms with Crippen molar-refractivity contribution < 1.29 is 4.92 Å². The van der Waals surface area contributed by atoms with E-state index in [4.69, 9.17) is 0 Å². The average Bonchev–Trinajstić information content (AvgIpc) is 2.06. The minimum absolute atomic E-state index is 0.289. The number of benzene rings is 1. The zero-order valence-corrected chi connectivity index (χ0v) is 8.69. The smallest absolute Gasteiger partial charge is 0.263 e. The van der Waals surface area contributed by atoms with E-state index in [0.29, 0.717) is 0 Å². The Labute approximate surface area is 84.1 Å². The molecular weight excluding hydrogens is 269 g/mol. The molecule has 0 aromatic heterocycles. The summed E-state index contributed by atoms with van der Waals surface area (Å²) in [5.74, 6) is 0. The van der Waals surface area contributed by atoms with E-state index < -0.39 is 3.55 Å². The van der Waals surface area contributed by atoms with E-state index in [9.17, 15) is 10.1 Å². The minimum atomic E-state index is -1.01. The molecule has 0 amide bonds. The molecule has 0 aliphatic carbocycles. The largest absolute Gasteiger partial charge is 0.291 e. The van der Waals surface area contributed by atoms with Crippen LogP contribution in [-0.4, -0.2) is 4.92 Å². The van der Waals surface area contributed by atoms with Crippen molar-refractivity contribution in [3.63, 3.8) is 0 Å². The quantitative estimate of drug-likeness (QED) is 0.274. The predicted octanol–water partition coefficient (Wildman–Crippen LogP) is 2.57. The highest BCUT2D eigenvalue weighted by Crippen LogP contribution is 2.31. The van der Waals surface area contributed by atoms with Crippen molar-refractivity contribution >= 4 is 22.6 Å². The normalized spacial score (nSPS) is 15.2. The van der Waals surface area contributed by atoms with Crippen molar-refractivity contribution in [2.75, 3.05) is 0 Å². The summed E-state index contributed by atoms with van der Waals surface area (Å²) in [6.07, 6.45) is 0. The van der Waals surface area contributed by atoms with Crippen LogP contribution in [0, 0.1) is 10.1 Å². The SMILES string of the molecule is CC(I)(c1ccccc1)[N+](=O)[O-]. The van der Waals surface area contributed by atoms with Gasteiger partial charge in [0, 0.05) is 40.0 Å². The average molecular weight is 277 g/mol. The topological polar surface area (TPSA) is 43.1 Å². The molecule has 0 bridgehead atoms. The maximum Gasteiger partial charge on any atom is 0.291 e. The van der Waals surface area contributed by atoms with Crippen LogP contribution in [-0.2, 0) is 3.55 Å². The van der Waals surface area contributed by atoms with Crippen molar-refractivity contribution in [3.8, 4) is 0 Å². The van der Waals surface area contributed by atoms with E-state index in [-0.39, 0.29) is 4.92 Å². The lowest BCUT2D eigenvalue weighted by molar-refractivity contribution is -0.533. The second kappa shape index (κ2) is 3.38. The van der Waals surface area contributed by atoms with Gasteiger partial charge < -0.3 is 0 Å². The van der Waals surface area contributed by atoms with Crippen LogP contribution in [0.15, 0.2) is 30.3 Å². The zero-order chi connectivity index (χ0) is 9.19. The fourth-order valence-electron chi connectivity index (χ4n) is 0.848. The highest BCUT2D eigenvalue weighted by Gasteiger charge is 2.34. The van der Waals surface area contributed by atoms with Crippen LogP contribution in [0.25, 0.3) is 0 Å².